The van der Waals surface area contributed by atoms with Gasteiger partial charge in [-0.2, -0.15) is 13.2 Å². The molecule has 0 saturated carbocycles. The Balaban J connectivity index is 1.23. The number of likely N-dealkylation sites (tertiary alicyclic amines) is 1. The average molecular weight is 545 g/mol. The number of piperidine rings is 1. The van der Waals surface area contributed by atoms with Crippen LogP contribution in [-0.2, 0) is 39.1 Å². The van der Waals surface area contributed by atoms with Crippen molar-refractivity contribution in [2.24, 2.45) is 0 Å². The maximum Gasteiger partial charge on any atom is 0.416 e. The van der Waals surface area contributed by atoms with Crippen LogP contribution in [0.4, 0.5) is 22.0 Å². The third-order valence-corrected chi connectivity index (χ3v) is 7.34. The van der Waals surface area contributed by atoms with Crippen LogP contribution in [0.5, 0.6) is 0 Å². The molecule has 3 aromatic carbocycles. The first-order chi connectivity index (χ1) is 18.6. The van der Waals surface area contributed by atoms with Crippen LogP contribution in [-0.4, -0.2) is 29.8 Å². The van der Waals surface area contributed by atoms with Gasteiger partial charge in [0.1, 0.15) is 11.6 Å². The van der Waals surface area contributed by atoms with Gasteiger partial charge in [0.25, 0.3) is 5.91 Å². The second kappa shape index (κ2) is 10.4. The third kappa shape index (κ3) is 5.52. The van der Waals surface area contributed by atoms with E-state index in [2.05, 4.69) is 5.32 Å². The fraction of sp³-hybridized carbons (Fsp3) is 0.310. The molecule has 1 fully saturated rings. The van der Waals surface area contributed by atoms with Crippen LogP contribution >= 0.6 is 0 Å². The van der Waals surface area contributed by atoms with E-state index in [0.717, 1.165) is 29.8 Å². The molecule has 2 heterocycles. The van der Waals surface area contributed by atoms with Crippen molar-refractivity contribution < 1.29 is 36.3 Å². The molecule has 0 radical (unpaired) electrons. The molecule has 5 nitrogen and oxygen atoms in total. The number of benzene rings is 3. The number of hydrogen-bond donors (Lipinski definition) is 1. The Kier molecular flexibility index (Phi) is 7.15. The van der Waals surface area contributed by atoms with E-state index >= 15 is 0 Å². The molecule has 2 aliphatic heterocycles. The molecule has 10 heteroatoms. The Morgan fingerprint density at radius 3 is 2.33 bits per heavy atom. The molecule has 204 valence electrons. The lowest BCUT2D eigenvalue weighted by Crippen LogP contribution is -2.46. The number of ether oxygens (including phenoxy) is 1. The molecule has 1 spiro atoms. The monoisotopic (exact) mass is 544 g/mol. The molecular formula is C29H25F5N2O3. The number of fused-ring (bicyclic) bond motifs is 2. The molecule has 39 heavy (non-hydrogen) atoms. The normalized spacial score (nSPS) is 18.2. The number of rotatable bonds is 5. The summed E-state index contributed by atoms with van der Waals surface area (Å²) < 4.78 is 72.0. The largest absolute Gasteiger partial charge is 0.416 e. The summed E-state index contributed by atoms with van der Waals surface area (Å²) in [6.45, 7) is 0.568. The first-order valence-corrected chi connectivity index (χ1v) is 12.5. The zero-order valence-corrected chi connectivity index (χ0v) is 20.7. The highest BCUT2D eigenvalue weighted by Gasteiger charge is 2.49. The molecule has 1 N–H and O–H groups in total. The van der Waals surface area contributed by atoms with Gasteiger partial charge in [0.05, 0.1) is 17.6 Å². The van der Waals surface area contributed by atoms with Gasteiger partial charge in [0.2, 0.25) is 5.91 Å². The van der Waals surface area contributed by atoms with E-state index in [1.807, 2.05) is 12.1 Å². The van der Waals surface area contributed by atoms with Crippen LogP contribution < -0.4 is 5.32 Å². The van der Waals surface area contributed by atoms with Crippen molar-refractivity contribution in [3.05, 3.63) is 106 Å². The molecular weight excluding hydrogens is 519 g/mol. The number of halogens is 5. The van der Waals surface area contributed by atoms with Gasteiger partial charge in [-0.1, -0.05) is 42.5 Å². The summed E-state index contributed by atoms with van der Waals surface area (Å²) in [7, 11) is 0. The van der Waals surface area contributed by atoms with E-state index in [1.165, 1.54) is 18.2 Å². The molecule has 1 saturated heterocycles. The van der Waals surface area contributed by atoms with E-state index in [0.29, 0.717) is 37.1 Å². The first kappa shape index (κ1) is 26.8. The maximum absolute atomic E-state index is 14.0. The summed E-state index contributed by atoms with van der Waals surface area (Å²) in [5.41, 5.74) is 0.630. The topological polar surface area (TPSA) is 58.6 Å². The van der Waals surface area contributed by atoms with Crippen LogP contribution in [0.3, 0.4) is 0 Å². The Morgan fingerprint density at radius 1 is 0.974 bits per heavy atom. The Hall–Kier alpha value is -3.79. The minimum absolute atomic E-state index is 0.0203. The number of carbonyl (C=O) groups excluding carboxylic acids is 2. The predicted molar refractivity (Wildman–Crippen MR) is 131 cm³/mol. The van der Waals surface area contributed by atoms with Gasteiger partial charge >= 0.3 is 6.18 Å². The molecule has 2 aliphatic rings. The lowest BCUT2D eigenvalue weighted by molar-refractivity contribution is -0.155. The zero-order valence-electron chi connectivity index (χ0n) is 20.7. The van der Waals surface area contributed by atoms with Crippen LogP contribution in [0.15, 0.2) is 66.7 Å². The van der Waals surface area contributed by atoms with Crippen LogP contribution in [0, 0.1) is 11.6 Å². The van der Waals surface area contributed by atoms with E-state index < -0.39 is 41.0 Å². The van der Waals surface area contributed by atoms with Gasteiger partial charge in [-0.15, -0.1) is 0 Å². The number of nitrogens with one attached hydrogen (secondary N) is 1. The summed E-state index contributed by atoms with van der Waals surface area (Å²) in [5.74, 6) is -2.12. The quantitative estimate of drug-likeness (QED) is 0.436. The van der Waals surface area contributed by atoms with Gasteiger partial charge in [-0.25, -0.2) is 8.78 Å². The van der Waals surface area contributed by atoms with Crippen molar-refractivity contribution in [3.8, 4) is 0 Å². The van der Waals surface area contributed by atoms with Gasteiger partial charge < -0.3 is 15.0 Å². The third-order valence-electron chi connectivity index (χ3n) is 7.34. The zero-order chi connectivity index (χ0) is 27.8. The average Bonchev–Trinajstić information content (AvgIpc) is 3.22. The molecule has 1 atom stereocenters. The standard InChI is InChI=1S/C29H25F5N2O3/c30-21-10-7-19(24(31)16-21)17-35-27(38)26-22-3-1-2-4-23(22)28(39-26)11-13-36(14-12-28)25(37)15-18-5-8-20(9-6-18)29(32,33)34/h1-10,16,26H,11-15,17H2,(H,35,38). The van der Waals surface area contributed by atoms with E-state index in [1.54, 1.807) is 17.0 Å². The van der Waals surface area contributed by atoms with Gasteiger partial charge in [-0.05, 0) is 47.7 Å². The Bertz CT molecular complexity index is 1380. The van der Waals surface area contributed by atoms with Crippen LogP contribution in [0.1, 0.15) is 46.8 Å². The summed E-state index contributed by atoms with van der Waals surface area (Å²) in [5, 5.41) is 2.67. The van der Waals surface area contributed by atoms with Crippen molar-refractivity contribution in [1.29, 1.82) is 0 Å². The summed E-state index contributed by atoms with van der Waals surface area (Å²) >= 11 is 0. The number of hydrogen-bond acceptors (Lipinski definition) is 3. The Morgan fingerprint density at radius 2 is 1.67 bits per heavy atom. The minimum Gasteiger partial charge on any atom is -0.352 e. The summed E-state index contributed by atoms with van der Waals surface area (Å²) in [4.78, 5) is 27.6. The van der Waals surface area contributed by atoms with Crippen molar-refractivity contribution in [1.82, 2.24) is 10.2 Å². The second-order valence-corrected chi connectivity index (χ2v) is 9.79. The molecule has 2 amide bonds. The lowest BCUT2D eigenvalue weighted by atomic mass is 9.83. The number of nitrogens with zero attached hydrogens (tertiary/aromatic N) is 1. The maximum atomic E-state index is 14.0. The molecule has 1 unspecified atom stereocenters. The highest BCUT2D eigenvalue weighted by atomic mass is 19.4. The van der Waals surface area contributed by atoms with E-state index in [9.17, 15) is 31.5 Å². The van der Waals surface area contributed by atoms with E-state index in [4.69, 9.17) is 4.74 Å². The first-order valence-electron chi connectivity index (χ1n) is 12.5. The highest BCUT2D eigenvalue weighted by Crippen LogP contribution is 2.49. The number of carbonyl (C=O) groups is 2. The minimum atomic E-state index is -4.44. The molecule has 3 aromatic rings. The van der Waals surface area contributed by atoms with Crippen molar-refractivity contribution >= 4 is 11.8 Å². The highest BCUT2D eigenvalue weighted by molar-refractivity contribution is 5.84. The fourth-order valence-electron chi connectivity index (χ4n) is 5.23. The fourth-order valence-corrected chi connectivity index (χ4v) is 5.23. The summed E-state index contributed by atoms with van der Waals surface area (Å²) in [6, 6.07) is 15.0. The SMILES string of the molecule is O=C(NCc1ccc(F)cc1F)C1OC2(CCN(C(=O)Cc3ccc(C(F)(F)F)cc3)CC2)c2ccccc21. The van der Waals surface area contributed by atoms with Crippen LogP contribution in [0.25, 0.3) is 0 Å². The predicted octanol–water partition coefficient (Wildman–Crippen LogP) is 5.43. The van der Waals surface area contributed by atoms with Crippen LogP contribution in [0.2, 0.25) is 0 Å². The number of amides is 2. The Labute approximate surface area is 221 Å². The van der Waals surface area contributed by atoms with Crippen molar-refractivity contribution in [3.63, 3.8) is 0 Å². The summed E-state index contributed by atoms with van der Waals surface area (Å²) in [6.07, 6.45) is -4.53. The van der Waals surface area contributed by atoms with Gasteiger partial charge in [0, 0.05) is 31.3 Å². The second-order valence-electron chi connectivity index (χ2n) is 9.79. The smallest absolute Gasteiger partial charge is 0.352 e. The molecule has 0 bridgehead atoms. The molecule has 5 rings (SSSR count). The van der Waals surface area contributed by atoms with Crippen molar-refractivity contribution in [2.45, 2.75) is 43.7 Å². The lowest BCUT2D eigenvalue weighted by Gasteiger charge is -2.39. The van der Waals surface area contributed by atoms with Gasteiger partial charge in [-0.3, -0.25) is 9.59 Å². The van der Waals surface area contributed by atoms with E-state index in [-0.39, 0.29) is 24.4 Å². The number of alkyl halides is 3. The van der Waals surface area contributed by atoms with Gasteiger partial charge in [0.15, 0.2) is 6.10 Å². The molecule has 0 aromatic heterocycles. The molecule has 0 aliphatic carbocycles. The van der Waals surface area contributed by atoms with Crippen molar-refractivity contribution in [2.75, 3.05) is 13.1 Å².